The van der Waals surface area contributed by atoms with Gasteiger partial charge in [-0.25, -0.2) is 0 Å². The van der Waals surface area contributed by atoms with Crippen LogP contribution in [0.4, 0.5) is 0 Å². The van der Waals surface area contributed by atoms with Crippen LogP contribution in [0.25, 0.3) is 10.1 Å². The Hall–Kier alpha value is -1.91. The first-order valence-electron chi connectivity index (χ1n) is 9.42. The molecule has 0 saturated carbocycles. The summed E-state index contributed by atoms with van der Waals surface area (Å²) in [4.78, 5) is 2.48. The number of likely N-dealkylation sites (N-methyl/N-ethyl adjacent to an activating group) is 1. The highest BCUT2D eigenvalue weighted by Gasteiger charge is 2.23. The van der Waals surface area contributed by atoms with Crippen molar-refractivity contribution in [2.24, 2.45) is 0 Å². The summed E-state index contributed by atoms with van der Waals surface area (Å²) < 4.78 is 11.1. The lowest BCUT2D eigenvalue weighted by Crippen LogP contribution is -2.28. The smallest absolute Gasteiger partial charge is 0.122 e. The number of fused-ring (bicyclic) bond motifs is 2. The lowest BCUT2D eigenvalue weighted by atomic mass is 9.82. The van der Waals surface area contributed by atoms with Crippen molar-refractivity contribution >= 4 is 21.6 Å². The van der Waals surface area contributed by atoms with Gasteiger partial charge in [0.2, 0.25) is 0 Å². The van der Waals surface area contributed by atoms with Crippen LogP contribution in [0.1, 0.15) is 35.4 Å². The van der Waals surface area contributed by atoms with Crippen LogP contribution < -0.4 is 4.74 Å². The topological polar surface area (TPSA) is 25.4 Å². The minimum Gasteiger partial charge on any atom is -0.496 e. The summed E-state index contributed by atoms with van der Waals surface area (Å²) in [5.74, 6) is 1.68. The molecule has 0 saturated heterocycles. The molecule has 1 aliphatic rings. The number of rotatable bonds is 6. The zero-order valence-corrected chi connectivity index (χ0v) is 16.4. The van der Waals surface area contributed by atoms with Crippen molar-refractivity contribution in [2.75, 3.05) is 27.2 Å². The predicted molar refractivity (Wildman–Crippen MR) is 109 cm³/mol. The van der Waals surface area contributed by atoms with E-state index in [9.17, 15) is 0 Å². The average Bonchev–Trinajstić information content (AvgIpc) is 3.14. The number of ether oxygens (including phenoxy) is 1. The summed E-state index contributed by atoms with van der Waals surface area (Å²) in [6.07, 6.45) is 6.71. The highest BCUT2D eigenvalue weighted by atomic mass is 32.1. The Bertz CT molecular complexity index is 889. The van der Waals surface area contributed by atoms with Gasteiger partial charge in [-0.1, -0.05) is 24.3 Å². The molecule has 1 aliphatic carbocycles. The molecule has 4 heteroatoms. The molecule has 2 aromatic carbocycles. The molecular formula is C22H26N2OS. The van der Waals surface area contributed by atoms with Crippen molar-refractivity contribution in [3.63, 3.8) is 0 Å². The van der Waals surface area contributed by atoms with Crippen molar-refractivity contribution in [3.8, 4) is 5.75 Å². The molecule has 4 rings (SSSR count). The van der Waals surface area contributed by atoms with E-state index in [-0.39, 0.29) is 0 Å². The molecule has 0 spiro atoms. The SMILES string of the molecule is COc1cccc2c1CCCC2CN(C)CCc1ccc2cnsc2c1. The average molecular weight is 367 g/mol. The van der Waals surface area contributed by atoms with Gasteiger partial charge in [-0.15, -0.1) is 0 Å². The second kappa shape index (κ2) is 7.77. The van der Waals surface area contributed by atoms with Gasteiger partial charge in [-0.05, 0) is 79.0 Å². The molecule has 136 valence electrons. The van der Waals surface area contributed by atoms with E-state index in [2.05, 4.69) is 52.7 Å². The second-order valence-corrected chi connectivity index (χ2v) is 8.16. The van der Waals surface area contributed by atoms with Gasteiger partial charge >= 0.3 is 0 Å². The Morgan fingerprint density at radius 1 is 1.27 bits per heavy atom. The Morgan fingerprint density at radius 3 is 3.08 bits per heavy atom. The number of hydrogen-bond donors (Lipinski definition) is 0. The van der Waals surface area contributed by atoms with Crippen LogP contribution in [0.5, 0.6) is 5.75 Å². The highest BCUT2D eigenvalue weighted by Crippen LogP contribution is 2.36. The zero-order valence-electron chi connectivity index (χ0n) is 15.6. The molecule has 3 aromatic rings. The number of methoxy groups -OCH3 is 1. The zero-order chi connectivity index (χ0) is 17.9. The van der Waals surface area contributed by atoms with Crippen molar-refractivity contribution < 1.29 is 4.74 Å². The van der Waals surface area contributed by atoms with Crippen molar-refractivity contribution in [1.29, 1.82) is 0 Å². The van der Waals surface area contributed by atoms with Crippen molar-refractivity contribution in [2.45, 2.75) is 31.6 Å². The highest BCUT2D eigenvalue weighted by molar-refractivity contribution is 7.13. The van der Waals surface area contributed by atoms with Gasteiger partial charge in [0.25, 0.3) is 0 Å². The van der Waals surface area contributed by atoms with E-state index in [1.807, 2.05) is 6.20 Å². The Kier molecular flexibility index (Phi) is 5.23. The molecule has 0 fully saturated rings. The van der Waals surface area contributed by atoms with Crippen molar-refractivity contribution in [3.05, 3.63) is 59.3 Å². The molecule has 0 bridgehead atoms. The first kappa shape index (κ1) is 17.5. The second-order valence-electron chi connectivity index (χ2n) is 7.33. The number of nitrogens with zero attached hydrogens (tertiary/aromatic N) is 2. The quantitative estimate of drug-likeness (QED) is 0.620. The number of hydrogen-bond acceptors (Lipinski definition) is 4. The summed E-state index contributed by atoms with van der Waals surface area (Å²) in [6.45, 7) is 2.20. The monoisotopic (exact) mass is 366 g/mol. The fourth-order valence-electron chi connectivity index (χ4n) is 4.14. The van der Waals surface area contributed by atoms with Gasteiger partial charge in [0.05, 0.1) is 11.8 Å². The van der Waals surface area contributed by atoms with E-state index in [0.29, 0.717) is 5.92 Å². The molecule has 26 heavy (non-hydrogen) atoms. The van der Waals surface area contributed by atoms with Gasteiger partial charge in [0, 0.05) is 24.7 Å². The van der Waals surface area contributed by atoms with Crippen LogP contribution in [0.15, 0.2) is 42.6 Å². The van der Waals surface area contributed by atoms with Crippen LogP contribution in [0.3, 0.4) is 0 Å². The van der Waals surface area contributed by atoms with Gasteiger partial charge in [-0.2, -0.15) is 4.37 Å². The third-order valence-corrected chi connectivity index (χ3v) is 6.30. The molecule has 1 atom stereocenters. The van der Waals surface area contributed by atoms with E-state index in [1.165, 1.54) is 39.6 Å². The Balaban J connectivity index is 1.40. The van der Waals surface area contributed by atoms with Crippen LogP contribution in [-0.4, -0.2) is 36.5 Å². The molecule has 0 radical (unpaired) electrons. The predicted octanol–water partition coefficient (Wildman–Crippen LogP) is 4.90. The van der Waals surface area contributed by atoms with E-state index in [4.69, 9.17) is 4.74 Å². The van der Waals surface area contributed by atoms with Crippen LogP contribution in [0.2, 0.25) is 0 Å². The third kappa shape index (κ3) is 3.62. The van der Waals surface area contributed by atoms with Crippen LogP contribution in [-0.2, 0) is 12.8 Å². The minimum atomic E-state index is 0.614. The maximum Gasteiger partial charge on any atom is 0.122 e. The molecule has 0 amide bonds. The summed E-state index contributed by atoms with van der Waals surface area (Å²) in [5.41, 5.74) is 4.32. The van der Waals surface area contributed by atoms with Gasteiger partial charge in [0.1, 0.15) is 5.75 Å². The first-order chi connectivity index (χ1) is 12.7. The summed E-state index contributed by atoms with van der Waals surface area (Å²) in [5, 5.41) is 1.25. The normalized spacial score (nSPS) is 16.8. The van der Waals surface area contributed by atoms with Gasteiger partial charge in [0.15, 0.2) is 0 Å². The minimum absolute atomic E-state index is 0.614. The van der Waals surface area contributed by atoms with Crippen molar-refractivity contribution in [1.82, 2.24) is 9.27 Å². The fraction of sp³-hybridized carbons (Fsp3) is 0.409. The molecule has 0 N–H and O–H groups in total. The summed E-state index contributed by atoms with van der Waals surface area (Å²) in [7, 11) is 4.03. The van der Waals surface area contributed by atoms with Crippen LogP contribution in [0, 0.1) is 0 Å². The molecule has 3 nitrogen and oxygen atoms in total. The van der Waals surface area contributed by atoms with Gasteiger partial charge < -0.3 is 9.64 Å². The molecular weight excluding hydrogens is 340 g/mol. The largest absolute Gasteiger partial charge is 0.496 e. The number of benzene rings is 2. The van der Waals surface area contributed by atoms with E-state index in [0.717, 1.165) is 31.7 Å². The molecule has 1 unspecified atom stereocenters. The van der Waals surface area contributed by atoms with E-state index in [1.54, 1.807) is 18.6 Å². The van der Waals surface area contributed by atoms with E-state index >= 15 is 0 Å². The van der Waals surface area contributed by atoms with Crippen LogP contribution >= 0.6 is 11.5 Å². The fourth-order valence-corrected chi connectivity index (χ4v) is 4.85. The molecule has 1 heterocycles. The first-order valence-corrected chi connectivity index (χ1v) is 10.2. The third-order valence-electron chi connectivity index (χ3n) is 5.54. The van der Waals surface area contributed by atoms with Gasteiger partial charge in [-0.3, -0.25) is 0 Å². The Labute approximate surface area is 159 Å². The Morgan fingerprint density at radius 2 is 2.19 bits per heavy atom. The number of aromatic nitrogens is 1. The van der Waals surface area contributed by atoms with E-state index < -0.39 is 0 Å². The maximum absolute atomic E-state index is 5.58. The lowest BCUT2D eigenvalue weighted by Gasteiger charge is -2.30. The maximum atomic E-state index is 5.58. The molecule has 0 aliphatic heterocycles. The summed E-state index contributed by atoms with van der Waals surface area (Å²) >= 11 is 1.58. The molecule has 1 aromatic heterocycles. The summed E-state index contributed by atoms with van der Waals surface area (Å²) in [6, 6.07) is 13.3. The standard InChI is InChI=1S/C22H26N2OS/c1-24(12-11-16-9-10-17-14-23-26-22(17)13-16)15-18-5-3-7-20-19(18)6-4-8-21(20)25-2/h4,6,8-10,13-14,18H,3,5,7,11-12,15H2,1-2H3. The lowest BCUT2D eigenvalue weighted by molar-refractivity contribution is 0.299.